The molecule has 0 spiro atoms. The first-order chi connectivity index (χ1) is 28.3. The third kappa shape index (κ3) is 4.74. The molecule has 4 heterocycles. The van der Waals surface area contributed by atoms with Crippen LogP contribution in [-0.4, -0.2) is 24.1 Å². The van der Waals surface area contributed by atoms with Gasteiger partial charge in [0, 0.05) is 49.3 Å². The number of hydrogen-bond acceptors (Lipinski definition) is 4. The summed E-state index contributed by atoms with van der Waals surface area (Å²) in [6.45, 7) is 0. The van der Waals surface area contributed by atoms with Crippen molar-refractivity contribution < 1.29 is 4.42 Å². The lowest BCUT2D eigenvalue weighted by Gasteiger charge is -2.12. The minimum Gasteiger partial charge on any atom is -0.454 e. The highest BCUT2D eigenvalue weighted by Crippen LogP contribution is 2.45. The lowest BCUT2D eigenvalue weighted by Crippen LogP contribution is -2.02. The Morgan fingerprint density at radius 3 is 1.56 bits per heavy atom. The molecule has 4 aromatic heterocycles. The second kappa shape index (κ2) is 12.3. The fourth-order valence-electron chi connectivity index (χ4n) is 8.72. The average molecular weight is 730 g/mol. The number of benzene rings is 8. The molecule has 0 aliphatic heterocycles. The summed E-state index contributed by atoms with van der Waals surface area (Å²) < 4.78 is 11.8. The minimum absolute atomic E-state index is 0.600. The average Bonchev–Trinajstić information content (AvgIpc) is 3.95. The van der Waals surface area contributed by atoms with Crippen LogP contribution in [0.15, 0.2) is 192 Å². The van der Waals surface area contributed by atoms with E-state index in [1.54, 1.807) is 0 Å². The maximum atomic E-state index is 7.04. The molecule has 6 nitrogen and oxygen atoms in total. The molecule has 0 amide bonds. The van der Waals surface area contributed by atoms with Gasteiger partial charge >= 0.3 is 0 Å². The van der Waals surface area contributed by atoms with Crippen LogP contribution in [0.3, 0.4) is 0 Å². The van der Waals surface area contributed by atoms with E-state index in [2.05, 4.69) is 137 Å². The molecule has 0 unspecified atom stereocenters. The summed E-state index contributed by atoms with van der Waals surface area (Å²) in [5.41, 5.74) is 10.8. The first-order valence-electron chi connectivity index (χ1n) is 19.1. The molecular weight excluding hydrogens is 699 g/mol. The van der Waals surface area contributed by atoms with Crippen LogP contribution >= 0.6 is 0 Å². The van der Waals surface area contributed by atoms with Crippen molar-refractivity contribution in [3.63, 3.8) is 0 Å². The van der Waals surface area contributed by atoms with Crippen LogP contribution in [-0.2, 0) is 0 Å². The van der Waals surface area contributed by atoms with Crippen LogP contribution in [0.5, 0.6) is 0 Å². The van der Waals surface area contributed by atoms with E-state index in [1.165, 1.54) is 10.8 Å². The fourth-order valence-corrected chi connectivity index (χ4v) is 8.72. The van der Waals surface area contributed by atoms with E-state index in [9.17, 15) is 0 Å². The van der Waals surface area contributed by atoms with Gasteiger partial charge in [0.15, 0.2) is 23.1 Å². The van der Waals surface area contributed by atoms with Crippen molar-refractivity contribution in [3.05, 3.63) is 188 Å². The number of fused-ring (bicyclic) bond motifs is 10. The number of nitrogens with zero attached hydrogens (tertiary/aromatic N) is 5. The molecule has 0 saturated heterocycles. The van der Waals surface area contributed by atoms with E-state index >= 15 is 0 Å². The first-order valence-corrected chi connectivity index (χ1v) is 19.1. The van der Waals surface area contributed by atoms with Crippen LogP contribution in [0.25, 0.3) is 111 Å². The molecule has 12 rings (SSSR count). The largest absolute Gasteiger partial charge is 0.454 e. The Morgan fingerprint density at radius 2 is 0.895 bits per heavy atom. The van der Waals surface area contributed by atoms with Crippen molar-refractivity contribution in [1.29, 1.82) is 0 Å². The van der Waals surface area contributed by atoms with Gasteiger partial charge in [-0.3, -0.25) is 0 Å². The number of rotatable bonds is 5. The van der Waals surface area contributed by atoms with Crippen molar-refractivity contribution in [2.24, 2.45) is 0 Å². The zero-order valence-corrected chi connectivity index (χ0v) is 30.5. The zero-order chi connectivity index (χ0) is 37.5. The van der Waals surface area contributed by atoms with Crippen LogP contribution in [0, 0.1) is 0 Å². The van der Waals surface area contributed by atoms with Crippen LogP contribution in [0.1, 0.15) is 0 Å². The summed E-state index contributed by atoms with van der Waals surface area (Å²) in [6, 6.07) is 65.3. The van der Waals surface area contributed by atoms with E-state index in [-0.39, 0.29) is 0 Å². The van der Waals surface area contributed by atoms with Crippen molar-refractivity contribution in [1.82, 2.24) is 24.1 Å². The van der Waals surface area contributed by atoms with Gasteiger partial charge in [-0.1, -0.05) is 140 Å². The zero-order valence-electron chi connectivity index (χ0n) is 30.5. The summed E-state index contributed by atoms with van der Waals surface area (Å²) in [7, 11) is 0. The molecule has 0 atom stereocenters. The van der Waals surface area contributed by atoms with E-state index in [4.69, 9.17) is 19.4 Å². The number of hydrogen-bond donors (Lipinski definition) is 0. The molecule has 0 radical (unpaired) electrons. The second-order valence-electron chi connectivity index (χ2n) is 14.4. The van der Waals surface area contributed by atoms with Crippen LogP contribution in [0.2, 0.25) is 0 Å². The van der Waals surface area contributed by atoms with Gasteiger partial charge < -0.3 is 13.6 Å². The van der Waals surface area contributed by atoms with Gasteiger partial charge in [0.2, 0.25) is 0 Å². The number of aromatic nitrogens is 5. The van der Waals surface area contributed by atoms with Gasteiger partial charge in [0.1, 0.15) is 5.58 Å². The predicted octanol–water partition coefficient (Wildman–Crippen LogP) is 13.0. The molecule has 8 aromatic carbocycles. The van der Waals surface area contributed by atoms with E-state index in [0.717, 1.165) is 82.8 Å². The predicted molar refractivity (Wildman–Crippen MR) is 232 cm³/mol. The van der Waals surface area contributed by atoms with E-state index in [1.807, 2.05) is 60.7 Å². The summed E-state index contributed by atoms with van der Waals surface area (Å²) >= 11 is 0. The van der Waals surface area contributed by atoms with E-state index in [0.29, 0.717) is 17.5 Å². The van der Waals surface area contributed by atoms with Crippen molar-refractivity contribution >= 4 is 65.6 Å². The maximum absolute atomic E-state index is 7.04. The molecular formula is C51H31N5O. The van der Waals surface area contributed by atoms with Crippen molar-refractivity contribution in [3.8, 4) is 45.5 Å². The quantitative estimate of drug-likeness (QED) is 0.177. The van der Waals surface area contributed by atoms with Crippen LogP contribution < -0.4 is 0 Å². The number of furan rings is 1. The molecule has 266 valence electrons. The Balaban J connectivity index is 1.19. The van der Waals surface area contributed by atoms with Crippen molar-refractivity contribution in [2.75, 3.05) is 0 Å². The molecule has 0 fully saturated rings. The number of para-hydroxylation sites is 4. The fraction of sp³-hybridized carbons (Fsp3) is 0. The lowest BCUT2D eigenvalue weighted by molar-refractivity contribution is 0.671. The molecule has 57 heavy (non-hydrogen) atoms. The SMILES string of the molecule is c1ccc(-c2nc(-c3ccccc3)nc(-c3cccc4c5ccc6c(oc7cccc(-n8c9ccccc9c9ccccc98)c76)c5n(-c5ccccc5)c34)n2)cc1. The first kappa shape index (κ1) is 31.5. The molecule has 0 bridgehead atoms. The van der Waals surface area contributed by atoms with Gasteiger partial charge in [-0.25, -0.2) is 15.0 Å². The Kier molecular flexibility index (Phi) is 6.83. The Bertz CT molecular complexity index is 3400. The molecule has 0 aliphatic carbocycles. The van der Waals surface area contributed by atoms with Crippen molar-refractivity contribution in [2.45, 2.75) is 0 Å². The molecule has 0 N–H and O–H groups in total. The Labute approximate surface area is 326 Å². The van der Waals surface area contributed by atoms with Gasteiger partial charge in [0.25, 0.3) is 0 Å². The highest BCUT2D eigenvalue weighted by molar-refractivity contribution is 6.24. The van der Waals surface area contributed by atoms with Gasteiger partial charge in [-0.2, -0.15) is 0 Å². The third-order valence-electron chi connectivity index (χ3n) is 11.2. The third-order valence-corrected chi connectivity index (χ3v) is 11.2. The molecule has 6 heteroatoms. The summed E-state index contributed by atoms with van der Waals surface area (Å²) in [4.78, 5) is 15.3. The molecule has 0 saturated carbocycles. The Hall–Kier alpha value is -7.83. The highest BCUT2D eigenvalue weighted by Gasteiger charge is 2.25. The van der Waals surface area contributed by atoms with E-state index < -0.39 is 0 Å². The lowest BCUT2D eigenvalue weighted by atomic mass is 10.1. The standard InChI is InChI=1S/C51H31N5O/c1-4-16-32(17-5-1)49-52-50(33-18-6-2-7-19-33)54-51(53-49)40-25-14-24-37-38-30-31-39-45-43(56-41-26-12-10-22-35(41)36-23-11-13-27-42(36)56)28-15-29-44(45)57-48(39)47(38)55(46(37)40)34-20-8-3-9-21-34/h1-31H. The Morgan fingerprint density at radius 1 is 0.368 bits per heavy atom. The normalized spacial score (nSPS) is 11.9. The summed E-state index contributed by atoms with van der Waals surface area (Å²) in [5, 5.41) is 6.74. The highest BCUT2D eigenvalue weighted by atomic mass is 16.3. The van der Waals surface area contributed by atoms with Gasteiger partial charge in [-0.05, 0) is 48.5 Å². The minimum atomic E-state index is 0.600. The van der Waals surface area contributed by atoms with Crippen LogP contribution in [0.4, 0.5) is 0 Å². The summed E-state index contributed by atoms with van der Waals surface area (Å²) in [5.74, 6) is 1.84. The van der Waals surface area contributed by atoms with Gasteiger partial charge in [0.05, 0.1) is 33.1 Å². The topological polar surface area (TPSA) is 61.7 Å². The second-order valence-corrected chi connectivity index (χ2v) is 14.4. The molecule has 0 aliphatic rings. The smallest absolute Gasteiger partial charge is 0.166 e. The van der Waals surface area contributed by atoms with Gasteiger partial charge in [-0.15, -0.1) is 0 Å². The maximum Gasteiger partial charge on any atom is 0.166 e. The molecule has 12 aromatic rings. The monoisotopic (exact) mass is 729 g/mol. The summed E-state index contributed by atoms with van der Waals surface area (Å²) in [6.07, 6.45) is 0.